The Hall–Kier alpha value is -1.32. The molecule has 17 heavy (non-hydrogen) atoms. The van der Waals surface area contributed by atoms with Crippen LogP contribution in [0.25, 0.3) is 0 Å². The van der Waals surface area contributed by atoms with Crippen molar-refractivity contribution in [2.75, 3.05) is 27.2 Å². The molecule has 0 aromatic carbocycles. The summed E-state index contributed by atoms with van der Waals surface area (Å²) in [5, 5.41) is 0. The fourth-order valence-corrected chi connectivity index (χ4v) is 2.70. The molecule has 1 saturated heterocycles. The summed E-state index contributed by atoms with van der Waals surface area (Å²) in [6.45, 7) is 5.71. The third-order valence-electron chi connectivity index (χ3n) is 3.55. The molecule has 0 bridgehead atoms. The highest BCUT2D eigenvalue weighted by molar-refractivity contribution is 6.22. The maximum absolute atomic E-state index is 12.2. The van der Waals surface area contributed by atoms with Crippen LogP contribution in [0.2, 0.25) is 0 Å². The second kappa shape index (κ2) is 3.86. The standard InChI is InChI=1S/C13H20N2O2/c1-13(2)7-9(16)11(10(17)8-13)12-14(3)5-6-15(12)4/h5-8H2,1-4H3. The van der Waals surface area contributed by atoms with Gasteiger partial charge in [-0.25, -0.2) is 0 Å². The highest BCUT2D eigenvalue weighted by Gasteiger charge is 2.39. The van der Waals surface area contributed by atoms with Gasteiger partial charge in [-0.05, 0) is 5.41 Å². The van der Waals surface area contributed by atoms with Crippen molar-refractivity contribution in [2.45, 2.75) is 26.7 Å². The smallest absolute Gasteiger partial charge is 0.170 e. The molecule has 4 nitrogen and oxygen atoms in total. The van der Waals surface area contributed by atoms with Gasteiger partial charge in [0.05, 0.1) is 0 Å². The fraction of sp³-hybridized carbons (Fsp3) is 0.692. The predicted octanol–water partition coefficient (Wildman–Crippen LogP) is 1.03. The maximum atomic E-state index is 12.2. The Morgan fingerprint density at radius 3 is 1.76 bits per heavy atom. The molecule has 2 aliphatic rings. The minimum absolute atomic E-state index is 0.00171. The average molecular weight is 236 g/mol. The largest absolute Gasteiger partial charge is 0.359 e. The van der Waals surface area contributed by atoms with Crippen LogP contribution in [0, 0.1) is 5.41 Å². The molecule has 4 heteroatoms. The zero-order valence-corrected chi connectivity index (χ0v) is 11.0. The molecule has 1 aliphatic heterocycles. The zero-order valence-electron chi connectivity index (χ0n) is 11.0. The topological polar surface area (TPSA) is 40.6 Å². The number of Topliss-reactive ketones (excluding diaryl/α,β-unsaturated/α-hetero) is 2. The second-order valence-corrected chi connectivity index (χ2v) is 5.91. The van der Waals surface area contributed by atoms with Gasteiger partial charge >= 0.3 is 0 Å². The molecule has 0 amide bonds. The van der Waals surface area contributed by atoms with Crippen molar-refractivity contribution in [1.29, 1.82) is 0 Å². The Labute approximate surface area is 102 Å². The number of ketones is 2. The van der Waals surface area contributed by atoms with E-state index in [1.165, 1.54) is 0 Å². The molecular weight excluding hydrogens is 216 g/mol. The molecule has 94 valence electrons. The first-order chi connectivity index (χ1) is 7.82. The first-order valence-corrected chi connectivity index (χ1v) is 6.05. The van der Waals surface area contributed by atoms with E-state index >= 15 is 0 Å². The minimum atomic E-state index is -0.187. The number of hydrogen-bond acceptors (Lipinski definition) is 4. The number of likely N-dealkylation sites (N-methyl/N-ethyl adjacent to an activating group) is 2. The van der Waals surface area contributed by atoms with Crippen molar-refractivity contribution in [2.24, 2.45) is 5.41 Å². The molecule has 0 radical (unpaired) electrons. The predicted molar refractivity (Wildman–Crippen MR) is 65.3 cm³/mol. The van der Waals surface area contributed by atoms with Gasteiger partial charge in [-0.3, -0.25) is 9.59 Å². The third-order valence-corrected chi connectivity index (χ3v) is 3.55. The number of carbonyl (C=O) groups is 2. The van der Waals surface area contributed by atoms with Crippen LogP contribution in [-0.4, -0.2) is 48.6 Å². The third kappa shape index (κ3) is 2.08. The van der Waals surface area contributed by atoms with Gasteiger partial charge in [-0.15, -0.1) is 0 Å². The van der Waals surface area contributed by atoms with Gasteiger partial charge in [0.15, 0.2) is 11.6 Å². The fourth-order valence-electron chi connectivity index (χ4n) is 2.70. The van der Waals surface area contributed by atoms with Gasteiger partial charge in [0.1, 0.15) is 11.4 Å². The molecule has 0 atom stereocenters. The number of rotatable bonds is 0. The monoisotopic (exact) mass is 236 g/mol. The summed E-state index contributed by atoms with van der Waals surface area (Å²) in [7, 11) is 3.87. The molecule has 0 unspecified atom stereocenters. The van der Waals surface area contributed by atoms with E-state index in [0.717, 1.165) is 18.9 Å². The van der Waals surface area contributed by atoms with E-state index in [2.05, 4.69) is 0 Å². The van der Waals surface area contributed by atoms with Crippen LogP contribution in [0.3, 0.4) is 0 Å². The molecule has 0 aromatic rings. The molecule has 0 aromatic heterocycles. The van der Waals surface area contributed by atoms with Crippen LogP contribution in [0.4, 0.5) is 0 Å². The minimum Gasteiger partial charge on any atom is -0.359 e. The Morgan fingerprint density at radius 2 is 1.35 bits per heavy atom. The SMILES string of the molecule is CN1CCN(C)C1=C1C(=O)CC(C)(C)CC1=O. The maximum Gasteiger partial charge on any atom is 0.170 e. The lowest BCUT2D eigenvalue weighted by Gasteiger charge is -2.31. The molecule has 0 spiro atoms. The van der Waals surface area contributed by atoms with E-state index in [4.69, 9.17) is 0 Å². The summed E-state index contributed by atoms with van der Waals surface area (Å²) in [5.41, 5.74) is 0.236. The summed E-state index contributed by atoms with van der Waals surface area (Å²) < 4.78 is 0. The molecule has 0 N–H and O–H groups in total. The van der Waals surface area contributed by atoms with Crippen LogP contribution in [0.1, 0.15) is 26.7 Å². The van der Waals surface area contributed by atoms with E-state index < -0.39 is 0 Å². The van der Waals surface area contributed by atoms with Crippen molar-refractivity contribution >= 4 is 11.6 Å². The first-order valence-electron chi connectivity index (χ1n) is 6.05. The van der Waals surface area contributed by atoms with E-state index in [1.807, 2.05) is 37.7 Å². The van der Waals surface area contributed by atoms with Crippen LogP contribution in [0.15, 0.2) is 11.4 Å². The van der Waals surface area contributed by atoms with E-state index in [0.29, 0.717) is 18.4 Å². The highest BCUT2D eigenvalue weighted by Crippen LogP contribution is 2.36. The summed E-state index contributed by atoms with van der Waals surface area (Å²) >= 11 is 0. The van der Waals surface area contributed by atoms with Crippen molar-refractivity contribution in [3.05, 3.63) is 11.4 Å². The molecular formula is C13H20N2O2. The van der Waals surface area contributed by atoms with Crippen molar-refractivity contribution in [1.82, 2.24) is 9.80 Å². The van der Waals surface area contributed by atoms with E-state index in [-0.39, 0.29) is 17.0 Å². The van der Waals surface area contributed by atoms with Crippen molar-refractivity contribution in [3.8, 4) is 0 Å². The van der Waals surface area contributed by atoms with Crippen LogP contribution < -0.4 is 0 Å². The van der Waals surface area contributed by atoms with E-state index in [9.17, 15) is 9.59 Å². The number of nitrogens with zero attached hydrogens (tertiary/aromatic N) is 2. The molecule has 1 aliphatic carbocycles. The summed E-state index contributed by atoms with van der Waals surface area (Å²) in [5.74, 6) is 0.819. The van der Waals surface area contributed by atoms with Gasteiger partial charge in [-0.1, -0.05) is 13.8 Å². The normalized spacial score (nSPS) is 24.9. The molecule has 1 heterocycles. The van der Waals surface area contributed by atoms with Crippen LogP contribution in [-0.2, 0) is 9.59 Å². The summed E-state index contributed by atoms with van der Waals surface area (Å²) in [6, 6.07) is 0. The Bertz CT molecular complexity index is 376. The lowest BCUT2D eigenvalue weighted by atomic mass is 9.74. The average Bonchev–Trinajstić information content (AvgIpc) is 2.46. The first kappa shape index (κ1) is 12.1. The van der Waals surface area contributed by atoms with Crippen LogP contribution in [0.5, 0.6) is 0 Å². The second-order valence-electron chi connectivity index (χ2n) is 5.91. The lowest BCUT2D eigenvalue weighted by molar-refractivity contribution is -0.127. The molecule has 2 rings (SSSR count). The molecule has 2 fully saturated rings. The number of hydrogen-bond donors (Lipinski definition) is 0. The van der Waals surface area contributed by atoms with E-state index in [1.54, 1.807) is 0 Å². The van der Waals surface area contributed by atoms with Crippen molar-refractivity contribution in [3.63, 3.8) is 0 Å². The number of carbonyl (C=O) groups excluding carboxylic acids is 2. The Kier molecular flexibility index (Phi) is 2.76. The Morgan fingerprint density at radius 1 is 0.941 bits per heavy atom. The zero-order chi connectivity index (χ0) is 12.8. The van der Waals surface area contributed by atoms with Crippen molar-refractivity contribution < 1.29 is 9.59 Å². The molecule has 1 saturated carbocycles. The lowest BCUT2D eigenvalue weighted by Crippen LogP contribution is -2.35. The Balaban J connectivity index is 2.42. The summed E-state index contributed by atoms with van der Waals surface area (Å²) in [4.78, 5) is 28.3. The van der Waals surface area contributed by atoms with Gasteiger partial charge in [0, 0.05) is 40.0 Å². The van der Waals surface area contributed by atoms with Gasteiger partial charge in [-0.2, -0.15) is 0 Å². The van der Waals surface area contributed by atoms with Crippen LogP contribution >= 0.6 is 0 Å². The quantitative estimate of drug-likeness (QED) is 0.465. The number of allylic oxidation sites excluding steroid dienone is 1. The van der Waals surface area contributed by atoms with Gasteiger partial charge in [0.25, 0.3) is 0 Å². The van der Waals surface area contributed by atoms with Gasteiger partial charge < -0.3 is 9.80 Å². The highest BCUT2D eigenvalue weighted by atomic mass is 16.2. The van der Waals surface area contributed by atoms with Gasteiger partial charge in [0.2, 0.25) is 0 Å². The summed E-state index contributed by atoms with van der Waals surface area (Å²) in [6.07, 6.45) is 0.943.